The predicted molar refractivity (Wildman–Crippen MR) is 68.4 cm³/mol. The Balaban J connectivity index is 2.30. The summed E-state index contributed by atoms with van der Waals surface area (Å²) in [6, 6.07) is 7.92. The minimum absolute atomic E-state index is 0.108. The van der Waals surface area contributed by atoms with Crippen molar-refractivity contribution < 1.29 is 9.53 Å². The molecule has 0 atom stereocenters. The summed E-state index contributed by atoms with van der Waals surface area (Å²) < 4.78 is 7.21. The average Bonchev–Trinajstić information content (AvgIpc) is 2.72. The number of carbonyl (C=O) groups excluding carboxylic acids is 1. The lowest BCUT2D eigenvalue weighted by atomic mass is 10.1. The van der Waals surface area contributed by atoms with Gasteiger partial charge < -0.3 is 9.30 Å². The van der Waals surface area contributed by atoms with E-state index in [1.807, 2.05) is 18.2 Å². The van der Waals surface area contributed by atoms with Crippen LogP contribution in [0.5, 0.6) is 0 Å². The highest BCUT2D eigenvalue weighted by Crippen LogP contribution is 2.18. The fraction of sp³-hybridized carbons (Fsp3) is 0.357. The van der Waals surface area contributed by atoms with Crippen LogP contribution in [0.3, 0.4) is 0 Å². The second-order valence-electron chi connectivity index (χ2n) is 4.19. The lowest BCUT2D eigenvalue weighted by molar-refractivity contribution is 0.101. The number of hydrogen-bond acceptors (Lipinski definition) is 2. The van der Waals surface area contributed by atoms with Crippen molar-refractivity contribution in [2.45, 2.75) is 19.9 Å². The summed E-state index contributed by atoms with van der Waals surface area (Å²) >= 11 is 0. The molecule has 90 valence electrons. The molecule has 0 fully saturated rings. The summed E-state index contributed by atoms with van der Waals surface area (Å²) in [5.41, 5.74) is 1.89. The molecule has 2 aromatic rings. The van der Waals surface area contributed by atoms with Crippen molar-refractivity contribution in [3.05, 3.63) is 36.0 Å². The van der Waals surface area contributed by atoms with Crippen molar-refractivity contribution >= 4 is 16.7 Å². The zero-order valence-corrected chi connectivity index (χ0v) is 10.3. The van der Waals surface area contributed by atoms with E-state index in [1.54, 1.807) is 14.0 Å². The SMILES string of the molecule is COCCCn1ccc2ccc(C(C)=O)cc21. The van der Waals surface area contributed by atoms with Crippen LogP contribution < -0.4 is 0 Å². The summed E-state index contributed by atoms with van der Waals surface area (Å²) in [4.78, 5) is 11.4. The number of nitrogens with zero attached hydrogens (tertiary/aromatic N) is 1. The van der Waals surface area contributed by atoms with Gasteiger partial charge in [0.1, 0.15) is 0 Å². The first kappa shape index (κ1) is 11.9. The van der Waals surface area contributed by atoms with Crippen LogP contribution in [0.4, 0.5) is 0 Å². The Kier molecular flexibility index (Phi) is 3.59. The summed E-state index contributed by atoms with van der Waals surface area (Å²) in [6.07, 6.45) is 3.04. The molecule has 17 heavy (non-hydrogen) atoms. The molecule has 0 bridgehead atoms. The topological polar surface area (TPSA) is 31.2 Å². The van der Waals surface area contributed by atoms with E-state index in [-0.39, 0.29) is 5.78 Å². The Hall–Kier alpha value is -1.61. The smallest absolute Gasteiger partial charge is 0.159 e. The Bertz CT molecular complexity index is 528. The second-order valence-corrected chi connectivity index (χ2v) is 4.19. The normalized spacial score (nSPS) is 10.9. The standard InChI is InChI=1S/C14H17NO2/c1-11(16)13-5-4-12-6-8-15(14(12)10-13)7-3-9-17-2/h4-6,8,10H,3,7,9H2,1-2H3. The van der Waals surface area contributed by atoms with Gasteiger partial charge in [-0.25, -0.2) is 0 Å². The number of Topliss-reactive ketones (excluding diaryl/α,β-unsaturated/α-hetero) is 1. The number of aryl methyl sites for hydroxylation is 1. The molecule has 0 radical (unpaired) electrons. The Morgan fingerprint density at radius 3 is 2.88 bits per heavy atom. The molecule has 0 amide bonds. The molecule has 0 unspecified atom stereocenters. The van der Waals surface area contributed by atoms with E-state index in [9.17, 15) is 4.79 Å². The van der Waals surface area contributed by atoms with Crippen LogP contribution >= 0.6 is 0 Å². The van der Waals surface area contributed by atoms with Crippen molar-refractivity contribution in [3.63, 3.8) is 0 Å². The van der Waals surface area contributed by atoms with E-state index in [4.69, 9.17) is 4.74 Å². The van der Waals surface area contributed by atoms with E-state index in [2.05, 4.69) is 16.8 Å². The number of rotatable bonds is 5. The number of carbonyl (C=O) groups is 1. The number of benzene rings is 1. The largest absolute Gasteiger partial charge is 0.385 e. The monoisotopic (exact) mass is 231 g/mol. The number of methoxy groups -OCH3 is 1. The predicted octanol–water partition coefficient (Wildman–Crippen LogP) is 2.88. The van der Waals surface area contributed by atoms with Crippen LogP contribution in [0.1, 0.15) is 23.7 Å². The van der Waals surface area contributed by atoms with Gasteiger partial charge >= 0.3 is 0 Å². The molecule has 1 aromatic heterocycles. The average molecular weight is 231 g/mol. The van der Waals surface area contributed by atoms with Gasteiger partial charge in [0, 0.05) is 37.5 Å². The Morgan fingerprint density at radius 2 is 2.18 bits per heavy atom. The van der Waals surface area contributed by atoms with Gasteiger partial charge in [0.25, 0.3) is 0 Å². The molecule has 0 aliphatic heterocycles. The number of aromatic nitrogens is 1. The molecule has 3 heteroatoms. The van der Waals surface area contributed by atoms with Crippen LogP contribution in [0.15, 0.2) is 30.5 Å². The van der Waals surface area contributed by atoms with E-state index in [1.165, 1.54) is 5.39 Å². The van der Waals surface area contributed by atoms with E-state index >= 15 is 0 Å². The molecule has 2 rings (SSSR count). The van der Waals surface area contributed by atoms with Crippen molar-refractivity contribution in [3.8, 4) is 0 Å². The molecular formula is C14H17NO2. The van der Waals surface area contributed by atoms with Crippen molar-refractivity contribution in [1.82, 2.24) is 4.57 Å². The van der Waals surface area contributed by atoms with E-state index in [0.717, 1.165) is 30.7 Å². The third-order valence-corrected chi connectivity index (χ3v) is 2.93. The lowest BCUT2D eigenvalue weighted by Gasteiger charge is -2.05. The van der Waals surface area contributed by atoms with Gasteiger partial charge in [-0.05, 0) is 30.9 Å². The van der Waals surface area contributed by atoms with Crippen LogP contribution in [0.25, 0.3) is 10.9 Å². The fourth-order valence-electron chi connectivity index (χ4n) is 1.98. The molecular weight excluding hydrogens is 214 g/mol. The number of hydrogen-bond donors (Lipinski definition) is 0. The summed E-state index contributed by atoms with van der Waals surface area (Å²) in [7, 11) is 1.71. The number of fused-ring (bicyclic) bond motifs is 1. The van der Waals surface area contributed by atoms with E-state index < -0.39 is 0 Å². The van der Waals surface area contributed by atoms with Crippen molar-refractivity contribution in [2.24, 2.45) is 0 Å². The minimum Gasteiger partial charge on any atom is -0.385 e. The summed E-state index contributed by atoms with van der Waals surface area (Å²) in [5, 5.41) is 1.17. The van der Waals surface area contributed by atoms with Crippen LogP contribution in [-0.2, 0) is 11.3 Å². The Morgan fingerprint density at radius 1 is 1.35 bits per heavy atom. The van der Waals surface area contributed by atoms with E-state index in [0.29, 0.717) is 0 Å². The molecule has 0 saturated carbocycles. The lowest BCUT2D eigenvalue weighted by Crippen LogP contribution is -2.00. The molecule has 3 nitrogen and oxygen atoms in total. The molecule has 0 spiro atoms. The zero-order valence-electron chi connectivity index (χ0n) is 10.3. The van der Waals surface area contributed by atoms with Crippen LogP contribution in [0.2, 0.25) is 0 Å². The summed E-state index contributed by atoms with van der Waals surface area (Å²) in [5.74, 6) is 0.108. The van der Waals surface area contributed by atoms with Crippen LogP contribution in [-0.4, -0.2) is 24.1 Å². The second kappa shape index (κ2) is 5.15. The van der Waals surface area contributed by atoms with Gasteiger partial charge in [0.15, 0.2) is 5.78 Å². The van der Waals surface area contributed by atoms with Gasteiger partial charge in [0.05, 0.1) is 0 Å². The van der Waals surface area contributed by atoms with Gasteiger partial charge in [-0.1, -0.05) is 12.1 Å². The van der Waals surface area contributed by atoms with Gasteiger partial charge in [-0.3, -0.25) is 4.79 Å². The van der Waals surface area contributed by atoms with Gasteiger partial charge in [0.2, 0.25) is 0 Å². The third-order valence-electron chi connectivity index (χ3n) is 2.93. The molecule has 0 aliphatic carbocycles. The highest BCUT2D eigenvalue weighted by Gasteiger charge is 2.04. The first-order valence-corrected chi connectivity index (χ1v) is 5.81. The highest BCUT2D eigenvalue weighted by molar-refractivity contribution is 5.97. The molecule has 0 N–H and O–H groups in total. The van der Waals surface area contributed by atoms with Gasteiger partial charge in [-0.2, -0.15) is 0 Å². The first-order chi connectivity index (χ1) is 8.22. The quantitative estimate of drug-likeness (QED) is 0.585. The maximum atomic E-state index is 11.4. The molecule has 1 aromatic carbocycles. The molecule has 0 aliphatic rings. The van der Waals surface area contributed by atoms with Crippen molar-refractivity contribution in [2.75, 3.05) is 13.7 Å². The zero-order chi connectivity index (χ0) is 12.3. The summed E-state index contributed by atoms with van der Waals surface area (Å²) in [6.45, 7) is 3.27. The number of ether oxygens (including phenoxy) is 1. The highest BCUT2D eigenvalue weighted by atomic mass is 16.5. The maximum absolute atomic E-state index is 11.4. The Labute approximate surface area is 101 Å². The number of ketones is 1. The maximum Gasteiger partial charge on any atom is 0.159 e. The molecule has 0 saturated heterocycles. The van der Waals surface area contributed by atoms with Crippen molar-refractivity contribution in [1.29, 1.82) is 0 Å². The third kappa shape index (κ3) is 2.56. The minimum atomic E-state index is 0.108. The first-order valence-electron chi connectivity index (χ1n) is 5.81. The molecule has 1 heterocycles. The van der Waals surface area contributed by atoms with Crippen LogP contribution in [0, 0.1) is 0 Å². The van der Waals surface area contributed by atoms with Gasteiger partial charge in [-0.15, -0.1) is 0 Å². The fourth-order valence-corrected chi connectivity index (χ4v) is 1.98.